The molecule has 1 aromatic heterocycles. The van der Waals surface area contributed by atoms with Gasteiger partial charge in [0.05, 0.1) is 4.88 Å². The first kappa shape index (κ1) is 12.7. The van der Waals surface area contributed by atoms with E-state index in [2.05, 4.69) is 15.9 Å². The van der Waals surface area contributed by atoms with Crippen LogP contribution in [0.3, 0.4) is 0 Å². The van der Waals surface area contributed by atoms with Crippen LogP contribution in [0.5, 0.6) is 0 Å². The minimum atomic E-state index is -0.914. The van der Waals surface area contributed by atoms with Crippen LogP contribution in [0.4, 0.5) is 4.39 Å². The lowest BCUT2D eigenvalue weighted by molar-refractivity contribution is 0.218. The number of halogens is 2. The van der Waals surface area contributed by atoms with Crippen molar-refractivity contribution in [3.8, 4) is 0 Å². The highest BCUT2D eigenvalue weighted by Gasteiger charge is 2.20. The van der Waals surface area contributed by atoms with Gasteiger partial charge in [0, 0.05) is 14.9 Å². The standard InChI is InChI=1S/C13H12BrFOS/c1-7-4-3-5-9(11(7)15)12(16)13-10(14)6-8(2)17-13/h3-6,12,16H,1-2H3. The number of thiophene rings is 1. The number of hydrogen-bond donors (Lipinski definition) is 1. The Kier molecular flexibility index (Phi) is 3.66. The van der Waals surface area contributed by atoms with Crippen LogP contribution in [0, 0.1) is 19.7 Å². The lowest BCUT2D eigenvalue weighted by atomic mass is 10.0. The predicted octanol–water partition coefficient (Wildman–Crippen LogP) is 4.35. The van der Waals surface area contributed by atoms with Crippen LogP contribution >= 0.6 is 27.3 Å². The van der Waals surface area contributed by atoms with Gasteiger partial charge in [-0.05, 0) is 41.4 Å². The number of aliphatic hydroxyl groups excluding tert-OH is 1. The molecular weight excluding hydrogens is 303 g/mol. The molecule has 4 heteroatoms. The van der Waals surface area contributed by atoms with Crippen molar-refractivity contribution >= 4 is 27.3 Å². The van der Waals surface area contributed by atoms with E-state index in [9.17, 15) is 9.50 Å². The van der Waals surface area contributed by atoms with Gasteiger partial charge < -0.3 is 5.11 Å². The second-order valence-electron chi connectivity index (χ2n) is 3.95. The van der Waals surface area contributed by atoms with E-state index in [1.54, 1.807) is 25.1 Å². The summed E-state index contributed by atoms with van der Waals surface area (Å²) >= 11 is 4.85. The number of benzene rings is 1. The van der Waals surface area contributed by atoms with Crippen LogP contribution in [0.15, 0.2) is 28.7 Å². The maximum atomic E-state index is 13.9. The van der Waals surface area contributed by atoms with Crippen molar-refractivity contribution in [2.24, 2.45) is 0 Å². The first-order chi connectivity index (χ1) is 8.00. The smallest absolute Gasteiger partial charge is 0.132 e. The van der Waals surface area contributed by atoms with E-state index in [4.69, 9.17) is 0 Å². The van der Waals surface area contributed by atoms with Crippen molar-refractivity contribution in [1.29, 1.82) is 0 Å². The zero-order valence-corrected chi connectivity index (χ0v) is 11.9. The van der Waals surface area contributed by atoms with Crippen LogP contribution in [0.2, 0.25) is 0 Å². The van der Waals surface area contributed by atoms with E-state index in [-0.39, 0.29) is 5.82 Å². The molecule has 1 aromatic carbocycles. The Bertz CT molecular complexity index is 550. The van der Waals surface area contributed by atoms with Gasteiger partial charge in [-0.1, -0.05) is 18.2 Å². The molecule has 0 amide bonds. The molecule has 0 aliphatic rings. The van der Waals surface area contributed by atoms with Gasteiger partial charge in [0.1, 0.15) is 11.9 Å². The number of rotatable bonds is 2. The molecule has 1 N–H and O–H groups in total. The largest absolute Gasteiger partial charge is 0.383 e. The Hall–Kier alpha value is -0.710. The fourth-order valence-electron chi connectivity index (χ4n) is 1.71. The fraction of sp³-hybridized carbons (Fsp3) is 0.231. The Morgan fingerprint density at radius 1 is 1.35 bits per heavy atom. The van der Waals surface area contributed by atoms with Gasteiger partial charge in [0.25, 0.3) is 0 Å². The summed E-state index contributed by atoms with van der Waals surface area (Å²) in [6.45, 7) is 3.65. The highest BCUT2D eigenvalue weighted by Crippen LogP contribution is 2.36. The zero-order chi connectivity index (χ0) is 12.6. The van der Waals surface area contributed by atoms with Crippen molar-refractivity contribution in [1.82, 2.24) is 0 Å². The Labute approximate surface area is 112 Å². The molecule has 0 aliphatic heterocycles. The topological polar surface area (TPSA) is 20.2 Å². The number of aryl methyl sites for hydroxylation is 2. The zero-order valence-electron chi connectivity index (χ0n) is 9.50. The summed E-state index contributed by atoms with van der Waals surface area (Å²) in [7, 11) is 0. The molecule has 2 rings (SSSR count). The van der Waals surface area contributed by atoms with E-state index in [0.29, 0.717) is 11.1 Å². The molecule has 1 heterocycles. The summed E-state index contributed by atoms with van der Waals surface area (Å²) in [5, 5.41) is 10.2. The molecule has 0 saturated carbocycles. The molecule has 0 aliphatic carbocycles. The molecule has 1 unspecified atom stereocenters. The van der Waals surface area contributed by atoms with Gasteiger partial charge in [-0.2, -0.15) is 0 Å². The van der Waals surface area contributed by atoms with E-state index in [1.807, 2.05) is 13.0 Å². The first-order valence-corrected chi connectivity index (χ1v) is 6.80. The average molecular weight is 315 g/mol. The fourth-order valence-corrected chi connectivity index (χ4v) is 3.58. The third-order valence-corrected chi connectivity index (χ3v) is 4.62. The van der Waals surface area contributed by atoms with Crippen molar-refractivity contribution in [3.05, 3.63) is 55.4 Å². The second-order valence-corrected chi connectivity index (χ2v) is 6.09. The Morgan fingerprint density at radius 3 is 2.65 bits per heavy atom. The van der Waals surface area contributed by atoms with Gasteiger partial charge >= 0.3 is 0 Å². The van der Waals surface area contributed by atoms with Gasteiger partial charge in [-0.3, -0.25) is 0 Å². The summed E-state index contributed by atoms with van der Waals surface area (Å²) in [5.41, 5.74) is 0.874. The van der Waals surface area contributed by atoms with Gasteiger partial charge in [-0.15, -0.1) is 11.3 Å². The van der Waals surface area contributed by atoms with Crippen LogP contribution in [-0.4, -0.2) is 5.11 Å². The number of hydrogen-bond acceptors (Lipinski definition) is 2. The summed E-state index contributed by atoms with van der Waals surface area (Å²) in [6, 6.07) is 7.00. The number of aliphatic hydroxyl groups is 1. The Balaban J connectivity index is 2.47. The molecule has 1 nitrogen and oxygen atoms in total. The predicted molar refractivity (Wildman–Crippen MR) is 72.0 cm³/mol. The van der Waals surface area contributed by atoms with Gasteiger partial charge in [-0.25, -0.2) is 4.39 Å². The van der Waals surface area contributed by atoms with E-state index in [1.165, 1.54) is 11.3 Å². The molecule has 90 valence electrons. The van der Waals surface area contributed by atoms with Crippen molar-refractivity contribution in [2.45, 2.75) is 20.0 Å². The quantitative estimate of drug-likeness (QED) is 0.873. The monoisotopic (exact) mass is 314 g/mol. The average Bonchev–Trinajstić information content (AvgIpc) is 2.61. The third-order valence-electron chi connectivity index (χ3n) is 2.60. The maximum absolute atomic E-state index is 13.9. The van der Waals surface area contributed by atoms with Crippen LogP contribution < -0.4 is 0 Å². The lowest BCUT2D eigenvalue weighted by Gasteiger charge is -2.12. The highest BCUT2D eigenvalue weighted by atomic mass is 79.9. The SMILES string of the molecule is Cc1cc(Br)c(C(O)c2cccc(C)c2F)s1. The molecule has 0 bridgehead atoms. The molecule has 0 radical (unpaired) electrons. The minimum absolute atomic E-state index is 0.326. The lowest BCUT2D eigenvalue weighted by Crippen LogP contribution is -2.02. The molecule has 2 aromatic rings. The molecular formula is C13H12BrFOS. The van der Waals surface area contributed by atoms with Gasteiger partial charge in [0.2, 0.25) is 0 Å². The minimum Gasteiger partial charge on any atom is -0.383 e. The van der Waals surface area contributed by atoms with E-state index in [0.717, 1.165) is 14.2 Å². The van der Waals surface area contributed by atoms with Gasteiger partial charge in [0.15, 0.2) is 0 Å². The van der Waals surface area contributed by atoms with E-state index >= 15 is 0 Å². The normalized spacial score (nSPS) is 12.8. The highest BCUT2D eigenvalue weighted by molar-refractivity contribution is 9.10. The van der Waals surface area contributed by atoms with Crippen LogP contribution in [0.25, 0.3) is 0 Å². The summed E-state index contributed by atoms with van der Waals surface area (Å²) in [6.07, 6.45) is -0.914. The summed E-state index contributed by atoms with van der Waals surface area (Å²) in [5.74, 6) is -0.335. The molecule has 0 saturated heterocycles. The molecule has 0 fully saturated rings. The summed E-state index contributed by atoms with van der Waals surface area (Å²) < 4.78 is 14.7. The third kappa shape index (κ3) is 2.44. The van der Waals surface area contributed by atoms with E-state index < -0.39 is 6.10 Å². The summed E-state index contributed by atoms with van der Waals surface area (Å²) in [4.78, 5) is 1.82. The maximum Gasteiger partial charge on any atom is 0.132 e. The first-order valence-electron chi connectivity index (χ1n) is 5.19. The van der Waals surface area contributed by atoms with Crippen LogP contribution in [-0.2, 0) is 0 Å². The molecule has 1 atom stereocenters. The Morgan fingerprint density at radius 2 is 2.06 bits per heavy atom. The second kappa shape index (κ2) is 4.88. The van der Waals surface area contributed by atoms with Crippen molar-refractivity contribution in [2.75, 3.05) is 0 Å². The molecule has 0 spiro atoms. The van der Waals surface area contributed by atoms with Crippen LogP contribution in [0.1, 0.15) is 27.0 Å². The van der Waals surface area contributed by atoms with Crippen molar-refractivity contribution in [3.63, 3.8) is 0 Å². The molecule has 17 heavy (non-hydrogen) atoms. The van der Waals surface area contributed by atoms with Crippen molar-refractivity contribution < 1.29 is 9.50 Å².